The summed E-state index contributed by atoms with van der Waals surface area (Å²) in [5, 5.41) is 3.20. The lowest BCUT2D eigenvalue weighted by atomic mass is 9.99. The fourth-order valence-corrected chi connectivity index (χ4v) is 3.28. The van der Waals surface area contributed by atoms with E-state index in [-0.39, 0.29) is 6.04 Å². The van der Waals surface area contributed by atoms with Gasteiger partial charge in [-0.15, -0.1) is 0 Å². The highest BCUT2D eigenvalue weighted by molar-refractivity contribution is 5.38. The number of nitrogens with one attached hydrogen (secondary N) is 1. The second-order valence-corrected chi connectivity index (χ2v) is 5.54. The molecule has 2 aliphatic rings. The van der Waals surface area contributed by atoms with Gasteiger partial charge in [0.1, 0.15) is 11.5 Å². The molecule has 2 aliphatic heterocycles. The Morgan fingerprint density at radius 2 is 2.00 bits per heavy atom. The molecule has 0 spiro atoms. The molecule has 2 fully saturated rings. The van der Waals surface area contributed by atoms with Gasteiger partial charge in [0.05, 0.1) is 0 Å². The number of halogens is 3. The SMILES string of the molecule is FC(F)(F)c1cccc(NC2CCN3CCCCC23)n1. The molecule has 6 heteroatoms. The number of fused-ring (bicyclic) bond motifs is 1. The highest BCUT2D eigenvalue weighted by Crippen LogP contribution is 2.31. The lowest BCUT2D eigenvalue weighted by Gasteiger charge is -2.32. The van der Waals surface area contributed by atoms with Crippen LogP contribution in [-0.2, 0) is 6.18 Å². The maximum Gasteiger partial charge on any atom is 0.433 e. The van der Waals surface area contributed by atoms with E-state index in [2.05, 4.69) is 15.2 Å². The average molecular weight is 285 g/mol. The van der Waals surface area contributed by atoms with E-state index in [4.69, 9.17) is 0 Å². The van der Waals surface area contributed by atoms with Crippen LogP contribution in [0.5, 0.6) is 0 Å². The van der Waals surface area contributed by atoms with Gasteiger partial charge in [-0.25, -0.2) is 4.98 Å². The van der Waals surface area contributed by atoms with Crippen molar-refractivity contribution in [1.29, 1.82) is 0 Å². The Labute approximate surface area is 116 Å². The van der Waals surface area contributed by atoms with Crippen LogP contribution >= 0.6 is 0 Å². The molecule has 2 atom stereocenters. The van der Waals surface area contributed by atoms with E-state index in [0.29, 0.717) is 11.9 Å². The third kappa shape index (κ3) is 2.75. The maximum absolute atomic E-state index is 12.7. The third-order valence-corrected chi connectivity index (χ3v) is 4.23. The zero-order chi connectivity index (χ0) is 14.2. The molecule has 2 saturated heterocycles. The minimum Gasteiger partial charge on any atom is -0.366 e. The summed E-state index contributed by atoms with van der Waals surface area (Å²) in [6.07, 6.45) is 0.143. The lowest BCUT2D eigenvalue weighted by molar-refractivity contribution is -0.141. The van der Waals surface area contributed by atoms with Gasteiger partial charge in [0.2, 0.25) is 0 Å². The first-order chi connectivity index (χ1) is 9.54. The molecule has 3 nitrogen and oxygen atoms in total. The van der Waals surface area contributed by atoms with Crippen LogP contribution in [0, 0.1) is 0 Å². The van der Waals surface area contributed by atoms with Crippen LogP contribution in [0.15, 0.2) is 18.2 Å². The summed E-state index contributed by atoms with van der Waals surface area (Å²) in [7, 11) is 0. The van der Waals surface area contributed by atoms with Crippen molar-refractivity contribution in [1.82, 2.24) is 9.88 Å². The summed E-state index contributed by atoms with van der Waals surface area (Å²) >= 11 is 0. The van der Waals surface area contributed by atoms with E-state index in [1.807, 2.05) is 0 Å². The molecule has 0 saturated carbocycles. The molecule has 1 aromatic heterocycles. The molecule has 0 radical (unpaired) electrons. The maximum atomic E-state index is 12.7. The second-order valence-electron chi connectivity index (χ2n) is 5.54. The van der Waals surface area contributed by atoms with Crippen LogP contribution in [-0.4, -0.2) is 35.1 Å². The highest BCUT2D eigenvalue weighted by atomic mass is 19.4. The Morgan fingerprint density at radius 1 is 1.15 bits per heavy atom. The summed E-state index contributed by atoms with van der Waals surface area (Å²) in [5.74, 6) is 0.331. The van der Waals surface area contributed by atoms with Crippen molar-refractivity contribution < 1.29 is 13.2 Å². The molecule has 3 heterocycles. The van der Waals surface area contributed by atoms with E-state index < -0.39 is 11.9 Å². The number of aromatic nitrogens is 1. The topological polar surface area (TPSA) is 28.2 Å². The summed E-state index contributed by atoms with van der Waals surface area (Å²) in [5.41, 5.74) is -0.832. The highest BCUT2D eigenvalue weighted by Gasteiger charge is 2.36. The summed E-state index contributed by atoms with van der Waals surface area (Å²) < 4.78 is 38.0. The van der Waals surface area contributed by atoms with Gasteiger partial charge in [-0.2, -0.15) is 13.2 Å². The summed E-state index contributed by atoms with van der Waals surface area (Å²) in [4.78, 5) is 6.13. The van der Waals surface area contributed by atoms with Gasteiger partial charge in [0.25, 0.3) is 0 Å². The van der Waals surface area contributed by atoms with Crippen LogP contribution in [0.25, 0.3) is 0 Å². The van der Waals surface area contributed by atoms with Crippen LogP contribution in [0.2, 0.25) is 0 Å². The number of pyridine rings is 1. The fourth-order valence-electron chi connectivity index (χ4n) is 3.28. The van der Waals surface area contributed by atoms with Gasteiger partial charge < -0.3 is 5.32 Å². The second kappa shape index (κ2) is 5.24. The minimum absolute atomic E-state index is 0.214. The number of alkyl halides is 3. The Kier molecular flexibility index (Phi) is 3.58. The molecule has 0 aliphatic carbocycles. The van der Waals surface area contributed by atoms with Crippen molar-refractivity contribution in [3.63, 3.8) is 0 Å². The van der Waals surface area contributed by atoms with Crippen LogP contribution in [0.4, 0.5) is 19.0 Å². The van der Waals surface area contributed by atoms with Crippen molar-refractivity contribution in [3.8, 4) is 0 Å². The van der Waals surface area contributed by atoms with Crippen molar-refractivity contribution in [2.75, 3.05) is 18.4 Å². The number of rotatable bonds is 2. The number of nitrogens with zero attached hydrogens (tertiary/aromatic N) is 2. The first kappa shape index (κ1) is 13.7. The number of piperidine rings is 1. The molecule has 20 heavy (non-hydrogen) atoms. The number of hydrogen-bond acceptors (Lipinski definition) is 3. The zero-order valence-corrected chi connectivity index (χ0v) is 11.2. The Morgan fingerprint density at radius 3 is 2.80 bits per heavy atom. The molecular weight excluding hydrogens is 267 g/mol. The largest absolute Gasteiger partial charge is 0.433 e. The monoisotopic (exact) mass is 285 g/mol. The normalized spacial score (nSPS) is 27.4. The Bertz CT molecular complexity index is 475. The average Bonchev–Trinajstić information content (AvgIpc) is 2.82. The standard InChI is InChI=1S/C14H18F3N3/c15-14(16,17)12-5-3-6-13(19-12)18-10-7-9-20-8-2-1-4-11(10)20/h3,5-6,10-11H,1-2,4,7-9H2,(H,18,19). The predicted octanol–water partition coefficient (Wildman–Crippen LogP) is 3.14. The van der Waals surface area contributed by atoms with Crippen LogP contribution < -0.4 is 5.32 Å². The first-order valence-corrected chi connectivity index (χ1v) is 7.09. The third-order valence-electron chi connectivity index (χ3n) is 4.23. The van der Waals surface area contributed by atoms with Crippen molar-refractivity contribution >= 4 is 5.82 Å². The van der Waals surface area contributed by atoms with Crippen molar-refractivity contribution in [2.45, 2.75) is 43.9 Å². The quantitative estimate of drug-likeness (QED) is 0.905. The minimum atomic E-state index is -4.38. The van der Waals surface area contributed by atoms with Gasteiger partial charge in [0, 0.05) is 18.6 Å². The van der Waals surface area contributed by atoms with Crippen molar-refractivity contribution in [3.05, 3.63) is 23.9 Å². The molecular formula is C14H18F3N3. The molecule has 1 N–H and O–H groups in total. The molecule has 1 aromatic rings. The van der Waals surface area contributed by atoms with E-state index in [1.54, 1.807) is 6.07 Å². The molecule has 0 amide bonds. The smallest absolute Gasteiger partial charge is 0.366 e. The number of hydrogen-bond donors (Lipinski definition) is 1. The summed E-state index contributed by atoms with van der Waals surface area (Å²) in [6.45, 7) is 2.14. The molecule has 110 valence electrons. The fraction of sp³-hybridized carbons (Fsp3) is 0.643. The van der Waals surface area contributed by atoms with Gasteiger partial charge in [-0.3, -0.25) is 4.90 Å². The summed E-state index contributed by atoms with van der Waals surface area (Å²) in [6, 6.07) is 4.69. The van der Waals surface area contributed by atoms with Crippen molar-refractivity contribution in [2.24, 2.45) is 0 Å². The number of anilines is 1. The van der Waals surface area contributed by atoms with Gasteiger partial charge >= 0.3 is 6.18 Å². The molecule has 0 aromatic carbocycles. The van der Waals surface area contributed by atoms with Gasteiger partial charge in [-0.1, -0.05) is 12.5 Å². The van der Waals surface area contributed by atoms with Gasteiger partial charge in [0.15, 0.2) is 0 Å². The van der Waals surface area contributed by atoms with E-state index >= 15 is 0 Å². The Balaban J connectivity index is 1.72. The first-order valence-electron chi connectivity index (χ1n) is 7.09. The van der Waals surface area contributed by atoms with Gasteiger partial charge in [-0.05, 0) is 37.9 Å². The zero-order valence-electron chi connectivity index (χ0n) is 11.2. The van der Waals surface area contributed by atoms with E-state index in [9.17, 15) is 13.2 Å². The van der Waals surface area contributed by atoms with E-state index in [0.717, 1.165) is 32.0 Å². The molecule has 3 rings (SSSR count). The molecule has 2 unspecified atom stereocenters. The lowest BCUT2D eigenvalue weighted by Crippen LogP contribution is -2.41. The predicted molar refractivity (Wildman–Crippen MR) is 70.5 cm³/mol. The van der Waals surface area contributed by atoms with Crippen LogP contribution in [0.3, 0.4) is 0 Å². The van der Waals surface area contributed by atoms with Crippen LogP contribution in [0.1, 0.15) is 31.4 Å². The van der Waals surface area contributed by atoms with E-state index in [1.165, 1.54) is 18.9 Å². The molecule has 0 bridgehead atoms. The Hall–Kier alpha value is -1.30.